The van der Waals surface area contributed by atoms with Crippen molar-refractivity contribution >= 4 is 5.57 Å². The molecule has 0 aliphatic carbocycles. The summed E-state index contributed by atoms with van der Waals surface area (Å²) in [6, 6.07) is 17.7. The molecule has 0 heterocycles. The van der Waals surface area contributed by atoms with Gasteiger partial charge in [0.2, 0.25) is 0 Å². The molecule has 98 valence electrons. The summed E-state index contributed by atoms with van der Waals surface area (Å²) in [6.45, 7) is 7.85. The molecule has 0 N–H and O–H groups in total. The van der Waals surface area contributed by atoms with E-state index in [4.69, 9.17) is 10.00 Å². The van der Waals surface area contributed by atoms with Crippen molar-refractivity contribution in [2.45, 2.75) is 0 Å². The zero-order valence-corrected chi connectivity index (χ0v) is 11.2. The third kappa shape index (κ3) is 3.15. The largest absolute Gasteiger partial charge is 0.490 e. The monoisotopic (exact) mass is 261 g/mol. The minimum Gasteiger partial charge on any atom is -0.490 e. The van der Waals surface area contributed by atoms with Crippen LogP contribution < -0.4 is 4.74 Å². The molecule has 2 heteroatoms. The molecule has 2 nitrogen and oxygen atoms in total. The van der Waals surface area contributed by atoms with Crippen LogP contribution in [-0.4, -0.2) is 6.61 Å². The highest BCUT2D eigenvalue weighted by molar-refractivity contribution is 5.78. The fourth-order valence-electron chi connectivity index (χ4n) is 1.85. The Kier molecular flexibility index (Phi) is 4.36. The minimum absolute atomic E-state index is 0.470. The van der Waals surface area contributed by atoms with E-state index >= 15 is 0 Å². The molecule has 0 amide bonds. The van der Waals surface area contributed by atoms with Crippen LogP contribution in [0.1, 0.15) is 5.56 Å². The first-order valence-electron chi connectivity index (χ1n) is 6.28. The van der Waals surface area contributed by atoms with E-state index in [1.807, 2.05) is 48.5 Å². The van der Waals surface area contributed by atoms with Crippen molar-refractivity contribution in [3.05, 3.63) is 73.3 Å². The fraction of sp³-hybridized carbons (Fsp3) is 0.0556. The van der Waals surface area contributed by atoms with Gasteiger partial charge in [-0.1, -0.05) is 49.6 Å². The van der Waals surface area contributed by atoms with Gasteiger partial charge in [0.05, 0.1) is 11.6 Å². The highest BCUT2D eigenvalue weighted by atomic mass is 16.5. The maximum atomic E-state index is 8.89. The van der Waals surface area contributed by atoms with Gasteiger partial charge in [0.25, 0.3) is 0 Å². The van der Waals surface area contributed by atoms with Crippen LogP contribution in [-0.2, 0) is 0 Å². The molecule has 0 spiro atoms. The number of rotatable bonds is 5. The second kappa shape index (κ2) is 6.40. The SMILES string of the molecule is C=CCOc1ccc(-c2cccc(C(=C)C#N)c2)cc1. The quantitative estimate of drug-likeness (QED) is 0.588. The van der Waals surface area contributed by atoms with E-state index in [9.17, 15) is 0 Å². The smallest absolute Gasteiger partial charge is 0.119 e. The van der Waals surface area contributed by atoms with Crippen molar-refractivity contribution in [1.29, 1.82) is 5.26 Å². The summed E-state index contributed by atoms with van der Waals surface area (Å²) < 4.78 is 5.45. The molecule has 0 saturated carbocycles. The lowest BCUT2D eigenvalue weighted by Gasteiger charge is -2.07. The van der Waals surface area contributed by atoms with Crippen LogP contribution >= 0.6 is 0 Å². The van der Waals surface area contributed by atoms with Crippen LogP contribution in [0.3, 0.4) is 0 Å². The first-order chi connectivity index (χ1) is 9.74. The van der Waals surface area contributed by atoms with Crippen molar-refractivity contribution in [1.82, 2.24) is 0 Å². The second-order valence-electron chi connectivity index (χ2n) is 4.30. The maximum absolute atomic E-state index is 8.89. The van der Waals surface area contributed by atoms with Crippen LogP contribution in [0.2, 0.25) is 0 Å². The topological polar surface area (TPSA) is 33.0 Å². The summed E-state index contributed by atoms with van der Waals surface area (Å²) in [4.78, 5) is 0. The number of nitrogens with zero attached hydrogens (tertiary/aromatic N) is 1. The summed E-state index contributed by atoms with van der Waals surface area (Å²) >= 11 is 0. The Morgan fingerprint density at radius 1 is 1.15 bits per heavy atom. The Hall–Kier alpha value is -2.79. The maximum Gasteiger partial charge on any atom is 0.119 e. The van der Waals surface area contributed by atoms with E-state index in [2.05, 4.69) is 19.2 Å². The highest BCUT2D eigenvalue weighted by Crippen LogP contribution is 2.25. The molecule has 2 aromatic rings. The molecule has 0 unspecified atom stereocenters. The van der Waals surface area contributed by atoms with Gasteiger partial charge >= 0.3 is 0 Å². The third-order valence-corrected chi connectivity index (χ3v) is 2.90. The number of allylic oxidation sites excluding steroid dienone is 1. The van der Waals surface area contributed by atoms with E-state index < -0.39 is 0 Å². The second-order valence-corrected chi connectivity index (χ2v) is 4.30. The number of ether oxygens (including phenoxy) is 1. The van der Waals surface area contributed by atoms with E-state index in [-0.39, 0.29) is 0 Å². The standard InChI is InChI=1S/C18H15NO/c1-3-11-20-18-9-7-15(8-10-18)17-6-4-5-16(12-17)14(2)13-19/h3-10,12H,1-2,11H2. The molecule has 0 radical (unpaired) electrons. The normalized spacial score (nSPS) is 9.55. The van der Waals surface area contributed by atoms with E-state index in [0.29, 0.717) is 12.2 Å². The number of nitriles is 1. The molecular weight excluding hydrogens is 246 g/mol. The summed E-state index contributed by atoms with van der Waals surface area (Å²) in [7, 11) is 0. The van der Waals surface area contributed by atoms with Crippen molar-refractivity contribution in [2.24, 2.45) is 0 Å². The molecule has 0 aromatic heterocycles. The average molecular weight is 261 g/mol. The van der Waals surface area contributed by atoms with Gasteiger partial charge in [-0.05, 0) is 34.9 Å². The Morgan fingerprint density at radius 3 is 2.55 bits per heavy atom. The molecule has 0 atom stereocenters. The first kappa shape index (κ1) is 13.6. The Morgan fingerprint density at radius 2 is 1.90 bits per heavy atom. The lowest BCUT2D eigenvalue weighted by Crippen LogP contribution is -1.92. The van der Waals surface area contributed by atoms with Crippen LogP contribution in [0.25, 0.3) is 16.7 Å². The molecule has 20 heavy (non-hydrogen) atoms. The third-order valence-electron chi connectivity index (χ3n) is 2.90. The Bertz CT molecular complexity index is 663. The average Bonchev–Trinajstić information content (AvgIpc) is 2.52. The molecule has 0 bridgehead atoms. The summed E-state index contributed by atoms with van der Waals surface area (Å²) in [5.41, 5.74) is 3.44. The van der Waals surface area contributed by atoms with Gasteiger partial charge in [-0.3, -0.25) is 0 Å². The summed E-state index contributed by atoms with van der Waals surface area (Å²) in [5.74, 6) is 0.811. The zero-order chi connectivity index (χ0) is 14.4. The number of hydrogen-bond acceptors (Lipinski definition) is 2. The highest BCUT2D eigenvalue weighted by Gasteiger charge is 2.02. The number of hydrogen-bond donors (Lipinski definition) is 0. The van der Waals surface area contributed by atoms with Crippen molar-refractivity contribution in [3.8, 4) is 22.9 Å². The lowest BCUT2D eigenvalue weighted by molar-refractivity contribution is 0.363. The van der Waals surface area contributed by atoms with Crippen LogP contribution in [0.15, 0.2) is 67.8 Å². The van der Waals surface area contributed by atoms with Gasteiger partial charge in [-0.15, -0.1) is 0 Å². The van der Waals surface area contributed by atoms with Gasteiger partial charge < -0.3 is 4.74 Å². The first-order valence-corrected chi connectivity index (χ1v) is 6.28. The van der Waals surface area contributed by atoms with E-state index in [1.165, 1.54) is 0 Å². The van der Waals surface area contributed by atoms with Crippen molar-refractivity contribution < 1.29 is 4.74 Å². The molecule has 0 fully saturated rings. The minimum atomic E-state index is 0.470. The van der Waals surface area contributed by atoms with Crippen molar-refractivity contribution in [3.63, 3.8) is 0 Å². The molecule has 2 rings (SSSR count). The molecule has 0 saturated heterocycles. The predicted molar refractivity (Wildman–Crippen MR) is 82.2 cm³/mol. The predicted octanol–water partition coefficient (Wildman–Crippen LogP) is 4.46. The molecular formula is C18H15NO. The molecule has 0 aliphatic rings. The van der Waals surface area contributed by atoms with Crippen LogP contribution in [0.4, 0.5) is 0 Å². The van der Waals surface area contributed by atoms with E-state index in [1.54, 1.807) is 6.08 Å². The van der Waals surface area contributed by atoms with Gasteiger partial charge in [-0.2, -0.15) is 5.26 Å². The summed E-state index contributed by atoms with van der Waals surface area (Å²) in [5, 5.41) is 8.89. The van der Waals surface area contributed by atoms with E-state index in [0.717, 1.165) is 22.4 Å². The van der Waals surface area contributed by atoms with Crippen molar-refractivity contribution in [2.75, 3.05) is 6.61 Å². The van der Waals surface area contributed by atoms with Crippen LogP contribution in [0, 0.1) is 11.3 Å². The Balaban J connectivity index is 2.25. The lowest BCUT2D eigenvalue weighted by atomic mass is 10.0. The van der Waals surface area contributed by atoms with Gasteiger partial charge in [0, 0.05) is 0 Å². The van der Waals surface area contributed by atoms with Gasteiger partial charge in [0.15, 0.2) is 0 Å². The van der Waals surface area contributed by atoms with Crippen LogP contribution in [0.5, 0.6) is 5.75 Å². The Labute approximate surface area is 119 Å². The van der Waals surface area contributed by atoms with Gasteiger partial charge in [0.1, 0.15) is 12.4 Å². The number of benzene rings is 2. The zero-order valence-electron chi connectivity index (χ0n) is 11.2. The fourth-order valence-corrected chi connectivity index (χ4v) is 1.85. The molecule has 2 aromatic carbocycles. The summed E-state index contributed by atoms with van der Waals surface area (Å²) in [6.07, 6.45) is 1.71. The van der Waals surface area contributed by atoms with Gasteiger partial charge in [-0.25, -0.2) is 0 Å². The molecule has 0 aliphatic heterocycles.